The van der Waals surface area contributed by atoms with Crippen LogP contribution in [0.2, 0.25) is 0 Å². The number of nitrogens with two attached hydrogens (primary N) is 1. The van der Waals surface area contributed by atoms with Crippen LogP contribution in [0.1, 0.15) is 16.7 Å². The molecule has 0 unspecified atom stereocenters. The molecule has 7 nitrogen and oxygen atoms in total. The highest BCUT2D eigenvalue weighted by atomic mass is 16.5. The highest BCUT2D eigenvalue weighted by Crippen LogP contribution is 2.21. The van der Waals surface area contributed by atoms with Crippen molar-refractivity contribution in [2.75, 3.05) is 25.4 Å². The van der Waals surface area contributed by atoms with Crippen molar-refractivity contribution in [1.29, 1.82) is 0 Å². The second kappa shape index (κ2) is 9.88. The molecule has 0 spiro atoms. The molecule has 1 aromatic heterocycles. The first-order valence-electron chi connectivity index (χ1n) is 9.49. The van der Waals surface area contributed by atoms with E-state index >= 15 is 0 Å². The Bertz CT molecular complexity index is 979. The average molecular weight is 394 g/mol. The van der Waals surface area contributed by atoms with Gasteiger partial charge in [-0.15, -0.1) is 0 Å². The third-order valence-corrected chi connectivity index (χ3v) is 4.83. The molecule has 0 saturated heterocycles. The largest absolute Gasteiger partial charge is 0.399 e. The van der Waals surface area contributed by atoms with Gasteiger partial charge in [-0.2, -0.15) is 0 Å². The number of hydrogen-bond donors (Lipinski definition) is 5. The molecule has 0 saturated carbocycles. The van der Waals surface area contributed by atoms with Gasteiger partial charge in [0.2, 0.25) is 0 Å². The normalized spacial score (nSPS) is 11.6. The molecule has 6 N–H and O–H groups in total. The number of benzene rings is 2. The highest BCUT2D eigenvalue weighted by molar-refractivity contribution is 5.90. The average Bonchev–Trinajstić information content (AvgIpc) is 3.13. The summed E-state index contributed by atoms with van der Waals surface area (Å²) < 4.78 is 0. The topological polar surface area (TPSA) is 115 Å². The summed E-state index contributed by atoms with van der Waals surface area (Å²) in [5.41, 5.74) is 12.5. The molecule has 0 aliphatic heterocycles. The lowest BCUT2D eigenvalue weighted by Crippen LogP contribution is -2.28. The molecule has 0 aliphatic rings. The van der Waals surface area contributed by atoms with E-state index in [1.54, 1.807) is 11.6 Å². The fraction of sp³-hybridized carbons (Fsp3) is 0.227. The Hall–Kier alpha value is -3.13. The van der Waals surface area contributed by atoms with E-state index in [9.17, 15) is 9.90 Å². The van der Waals surface area contributed by atoms with Gasteiger partial charge in [-0.25, -0.2) is 5.48 Å². The predicted molar refractivity (Wildman–Crippen MR) is 114 cm³/mol. The summed E-state index contributed by atoms with van der Waals surface area (Å²) in [7, 11) is 0. The number of nitrogens with zero attached hydrogens (tertiary/aromatic N) is 1. The Morgan fingerprint density at radius 3 is 2.69 bits per heavy atom. The minimum Gasteiger partial charge on any atom is -0.399 e. The number of anilines is 1. The van der Waals surface area contributed by atoms with Crippen molar-refractivity contribution in [2.24, 2.45) is 0 Å². The molecule has 0 radical (unpaired) electrons. The van der Waals surface area contributed by atoms with Gasteiger partial charge in [-0.1, -0.05) is 24.3 Å². The molecule has 29 heavy (non-hydrogen) atoms. The number of amides is 1. The van der Waals surface area contributed by atoms with Crippen molar-refractivity contribution in [3.05, 3.63) is 71.4 Å². The maximum atomic E-state index is 11.1. The first-order valence-corrected chi connectivity index (χ1v) is 9.49. The molecule has 0 bridgehead atoms. The lowest BCUT2D eigenvalue weighted by Gasteiger charge is -2.21. The Kier molecular flexibility index (Phi) is 7.02. The quantitative estimate of drug-likeness (QED) is 0.165. The molecule has 7 heteroatoms. The molecule has 2 aromatic carbocycles. The lowest BCUT2D eigenvalue weighted by atomic mass is 10.1. The number of aliphatic hydroxyl groups excluding tert-OH is 1. The zero-order valence-corrected chi connectivity index (χ0v) is 16.1. The summed E-state index contributed by atoms with van der Waals surface area (Å²) in [4.78, 5) is 16.5. The lowest BCUT2D eigenvalue weighted by molar-refractivity contribution is -0.124. The fourth-order valence-electron chi connectivity index (χ4n) is 3.29. The summed E-state index contributed by atoms with van der Waals surface area (Å²) >= 11 is 0. The number of aromatic amines is 1. The number of hydrogen-bond acceptors (Lipinski definition) is 5. The van der Waals surface area contributed by atoms with Crippen LogP contribution in [0.15, 0.2) is 54.7 Å². The van der Waals surface area contributed by atoms with E-state index in [2.05, 4.69) is 9.88 Å². The van der Waals surface area contributed by atoms with Crippen LogP contribution < -0.4 is 11.2 Å². The third kappa shape index (κ3) is 5.68. The summed E-state index contributed by atoms with van der Waals surface area (Å²) in [6.45, 7) is 2.20. The van der Waals surface area contributed by atoms with Crippen molar-refractivity contribution in [3.63, 3.8) is 0 Å². The Morgan fingerprint density at radius 2 is 1.97 bits per heavy atom. The van der Waals surface area contributed by atoms with E-state index in [0.29, 0.717) is 13.1 Å². The number of H-pyrrole nitrogens is 1. The van der Waals surface area contributed by atoms with Crippen molar-refractivity contribution < 1.29 is 15.1 Å². The molecule has 1 heterocycles. The van der Waals surface area contributed by atoms with Crippen LogP contribution in [0.25, 0.3) is 17.0 Å². The SMILES string of the molecule is Nc1ccc2[nH]cc(CCN(CCO)Cc3ccc(/C=C/C(=O)NO)cc3)c2c1. The highest BCUT2D eigenvalue weighted by Gasteiger charge is 2.09. The molecular weight excluding hydrogens is 368 g/mol. The van der Waals surface area contributed by atoms with Crippen molar-refractivity contribution >= 4 is 28.6 Å². The van der Waals surface area contributed by atoms with Gasteiger partial charge in [0, 0.05) is 48.5 Å². The van der Waals surface area contributed by atoms with Crippen molar-refractivity contribution in [2.45, 2.75) is 13.0 Å². The van der Waals surface area contributed by atoms with Gasteiger partial charge in [0.05, 0.1) is 6.61 Å². The number of hydroxylamine groups is 1. The van der Waals surface area contributed by atoms with Gasteiger partial charge in [0.1, 0.15) is 0 Å². The summed E-state index contributed by atoms with van der Waals surface area (Å²) in [6.07, 6.45) is 5.76. The number of carbonyl (C=O) groups excluding carboxylic acids is 1. The van der Waals surface area contributed by atoms with Gasteiger partial charge in [-0.3, -0.25) is 14.9 Å². The van der Waals surface area contributed by atoms with Crippen LogP contribution in [0, 0.1) is 0 Å². The summed E-state index contributed by atoms with van der Waals surface area (Å²) in [5.74, 6) is -0.567. The molecule has 1 amide bonds. The van der Waals surface area contributed by atoms with E-state index < -0.39 is 5.91 Å². The van der Waals surface area contributed by atoms with E-state index in [4.69, 9.17) is 10.9 Å². The first-order chi connectivity index (χ1) is 14.1. The van der Waals surface area contributed by atoms with Gasteiger partial charge in [0.25, 0.3) is 5.91 Å². The van der Waals surface area contributed by atoms with Crippen molar-refractivity contribution in [3.8, 4) is 0 Å². The van der Waals surface area contributed by atoms with Gasteiger partial charge in [0.15, 0.2) is 0 Å². The van der Waals surface area contributed by atoms with Gasteiger partial charge in [-0.05, 0) is 47.4 Å². The molecule has 0 fully saturated rings. The van der Waals surface area contributed by atoms with Crippen LogP contribution in [0.3, 0.4) is 0 Å². The number of rotatable bonds is 9. The molecule has 0 atom stereocenters. The molecule has 3 rings (SSSR count). The molecule has 152 valence electrons. The maximum absolute atomic E-state index is 11.1. The van der Waals surface area contributed by atoms with Crippen LogP contribution in [0.5, 0.6) is 0 Å². The van der Waals surface area contributed by atoms with Crippen LogP contribution in [0.4, 0.5) is 5.69 Å². The minimum atomic E-state index is -0.567. The van der Waals surface area contributed by atoms with E-state index in [1.807, 2.05) is 48.7 Å². The molecule has 0 aliphatic carbocycles. The van der Waals surface area contributed by atoms with Crippen LogP contribution in [-0.4, -0.2) is 45.8 Å². The Morgan fingerprint density at radius 1 is 1.17 bits per heavy atom. The summed E-state index contributed by atoms with van der Waals surface area (Å²) in [6, 6.07) is 13.7. The second-order valence-corrected chi connectivity index (χ2v) is 6.92. The predicted octanol–water partition coefficient (Wildman–Crippen LogP) is 2.31. The number of nitrogen functional groups attached to an aromatic ring is 1. The van der Waals surface area contributed by atoms with Crippen LogP contribution in [-0.2, 0) is 17.8 Å². The third-order valence-electron chi connectivity index (χ3n) is 4.83. The smallest absolute Gasteiger partial charge is 0.267 e. The Balaban J connectivity index is 1.63. The second-order valence-electron chi connectivity index (χ2n) is 6.92. The zero-order chi connectivity index (χ0) is 20.6. The van der Waals surface area contributed by atoms with Crippen LogP contribution >= 0.6 is 0 Å². The summed E-state index contributed by atoms with van der Waals surface area (Å²) in [5, 5.41) is 19.1. The first kappa shape index (κ1) is 20.6. The maximum Gasteiger partial charge on any atom is 0.267 e. The number of fused-ring (bicyclic) bond motifs is 1. The standard InChI is InChI=1S/C22H26N4O3/c23-19-6-7-21-20(13-19)18(14-24-21)9-10-26(11-12-27)15-17-3-1-16(2-4-17)5-8-22(28)25-29/h1-8,13-14,24,27,29H,9-12,15,23H2,(H,25,28)/b8-5+. The minimum absolute atomic E-state index is 0.0952. The van der Waals surface area contributed by atoms with Gasteiger partial charge >= 0.3 is 0 Å². The molecular formula is C22H26N4O3. The molecule has 3 aromatic rings. The number of nitrogens with one attached hydrogen (secondary N) is 2. The monoisotopic (exact) mass is 394 g/mol. The van der Waals surface area contributed by atoms with E-state index in [1.165, 1.54) is 11.6 Å². The fourth-order valence-corrected chi connectivity index (χ4v) is 3.29. The number of carbonyl (C=O) groups is 1. The van der Waals surface area contributed by atoms with E-state index in [-0.39, 0.29) is 6.61 Å². The Labute approximate surface area is 169 Å². The number of aromatic nitrogens is 1. The van der Waals surface area contributed by atoms with E-state index in [0.717, 1.165) is 40.7 Å². The van der Waals surface area contributed by atoms with Crippen molar-refractivity contribution in [1.82, 2.24) is 15.4 Å². The zero-order valence-electron chi connectivity index (χ0n) is 16.1. The van der Waals surface area contributed by atoms with Gasteiger partial charge < -0.3 is 15.8 Å². The number of aliphatic hydroxyl groups is 1.